The Kier molecular flexibility index (Phi) is 4.61. The summed E-state index contributed by atoms with van der Waals surface area (Å²) < 4.78 is 2.13. The van der Waals surface area contributed by atoms with E-state index in [9.17, 15) is 0 Å². The Labute approximate surface area is 142 Å². The maximum atomic E-state index is 3.63. The third kappa shape index (κ3) is 3.17. The number of rotatable bonds is 4. The highest BCUT2D eigenvalue weighted by atomic mass is 79.9. The van der Waals surface area contributed by atoms with E-state index in [2.05, 4.69) is 84.3 Å². The first-order chi connectivity index (χ1) is 9.74. The molecule has 0 saturated heterocycles. The second kappa shape index (κ2) is 6.43. The molecule has 0 atom stereocenters. The molecule has 2 heterocycles. The predicted octanol–water partition coefficient (Wildman–Crippen LogP) is 6.54. The molecule has 0 fully saturated rings. The Morgan fingerprint density at radius 2 is 1.55 bits per heavy atom. The maximum Gasteiger partial charge on any atom is 0.0953 e. The zero-order chi connectivity index (χ0) is 13.9. The van der Waals surface area contributed by atoms with Crippen LogP contribution in [0.4, 0.5) is 5.69 Å². The molecule has 0 spiro atoms. The molecular formula is C15H11Br2NS2. The van der Waals surface area contributed by atoms with E-state index in [4.69, 9.17) is 0 Å². The highest BCUT2D eigenvalue weighted by molar-refractivity contribution is 9.11. The van der Waals surface area contributed by atoms with Crippen molar-refractivity contribution in [3.05, 3.63) is 71.9 Å². The van der Waals surface area contributed by atoms with Gasteiger partial charge < -0.3 is 5.32 Å². The average molecular weight is 429 g/mol. The molecule has 3 aromatic rings. The fourth-order valence-corrected chi connectivity index (χ4v) is 4.78. The number of benzene rings is 1. The van der Waals surface area contributed by atoms with Crippen LogP contribution in [0.1, 0.15) is 15.8 Å². The Morgan fingerprint density at radius 3 is 2.05 bits per heavy atom. The predicted molar refractivity (Wildman–Crippen MR) is 95.9 cm³/mol. The van der Waals surface area contributed by atoms with E-state index in [1.807, 2.05) is 6.07 Å². The van der Waals surface area contributed by atoms with Gasteiger partial charge in [0.25, 0.3) is 0 Å². The zero-order valence-electron chi connectivity index (χ0n) is 10.3. The lowest BCUT2D eigenvalue weighted by Gasteiger charge is -2.18. The number of halogens is 2. The van der Waals surface area contributed by atoms with E-state index in [1.54, 1.807) is 22.7 Å². The number of hydrogen-bond acceptors (Lipinski definition) is 3. The summed E-state index contributed by atoms with van der Waals surface area (Å²) in [5.41, 5.74) is 1.10. The van der Waals surface area contributed by atoms with Gasteiger partial charge in [-0.05, 0) is 57.0 Å². The molecule has 20 heavy (non-hydrogen) atoms. The SMILES string of the molecule is Brc1ccc(NC(c2cccs2)c2cccs2)c(Br)c1. The van der Waals surface area contributed by atoms with Crippen LogP contribution in [-0.4, -0.2) is 0 Å². The molecule has 2 aromatic heterocycles. The Bertz CT molecular complexity index is 644. The molecule has 0 radical (unpaired) electrons. The monoisotopic (exact) mass is 427 g/mol. The molecule has 1 nitrogen and oxygen atoms in total. The zero-order valence-corrected chi connectivity index (χ0v) is 15.2. The molecule has 0 aliphatic rings. The lowest BCUT2D eigenvalue weighted by Crippen LogP contribution is -2.09. The van der Waals surface area contributed by atoms with Crippen molar-refractivity contribution in [2.75, 3.05) is 5.32 Å². The fraction of sp³-hybridized carbons (Fsp3) is 0.0667. The molecule has 5 heteroatoms. The first-order valence-corrected chi connectivity index (χ1v) is 9.37. The van der Waals surface area contributed by atoms with Gasteiger partial charge in [0.15, 0.2) is 0 Å². The van der Waals surface area contributed by atoms with Gasteiger partial charge in [-0.15, -0.1) is 22.7 Å². The van der Waals surface area contributed by atoms with Crippen LogP contribution < -0.4 is 5.32 Å². The summed E-state index contributed by atoms with van der Waals surface area (Å²) in [6.45, 7) is 0. The van der Waals surface area contributed by atoms with Crippen molar-refractivity contribution in [1.82, 2.24) is 0 Å². The van der Waals surface area contributed by atoms with Crippen LogP contribution in [0.25, 0.3) is 0 Å². The van der Waals surface area contributed by atoms with E-state index in [0.717, 1.165) is 14.6 Å². The number of nitrogens with one attached hydrogen (secondary N) is 1. The van der Waals surface area contributed by atoms with E-state index in [0.29, 0.717) is 0 Å². The molecule has 3 rings (SSSR count). The van der Waals surface area contributed by atoms with Crippen molar-refractivity contribution in [2.24, 2.45) is 0 Å². The van der Waals surface area contributed by atoms with Gasteiger partial charge >= 0.3 is 0 Å². The molecule has 0 aliphatic heterocycles. The quantitative estimate of drug-likeness (QED) is 0.497. The van der Waals surface area contributed by atoms with Crippen LogP contribution in [-0.2, 0) is 0 Å². The average Bonchev–Trinajstić information content (AvgIpc) is 3.11. The lowest BCUT2D eigenvalue weighted by molar-refractivity contribution is 0.991. The fourth-order valence-electron chi connectivity index (χ4n) is 1.96. The minimum Gasteiger partial charge on any atom is -0.372 e. The molecule has 0 unspecified atom stereocenters. The van der Waals surface area contributed by atoms with E-state index in [-0.39, 0.29) is 6.04 Å². The summed E-state index contributed by atoms with van der Waals surface area (Å²) in [7, 11) is 0. The molecule has 1 N–H and O–H groups in total. The van der Waals surface area contributed by atoms with Gasteiger partial charge in [0.2, 0.25) is 0 Å². The largest absolute Gasteiger partial charge is 0.372 e. The van der Waals surface area contributed by atoms with Crippen LogP contribution >= 0.6 is 54.5 Å². The first kappa shape index (κ1) is 14.3. The van der Waals surface area contributed by atoms with Crippen LogP contribution in [0.2, 0.25) is 0 Å². The van der Waals surface area contributed by atoms with Crippen molar-refractivity contribution < 1.29 is 0 Å². The van der Waals surface area contributed by atoms with Crippen LogP contribution in [0.5, 0.6) is 0 Å². The summed E-state index contributed by atoms with van der Waals surface area (Å²) in [5.74, 6) is 0. The first-order valence-electron chi connectivity index (χ1n) is 6.02. The van der Waals surface area contributed by atoms with Crippen molar-refractivity contribution in [2.45, 2.75) is 6.04 Å². The van der Waals surface area contributed by atoms with Crippen LogP contribution in [0, 0.1) is 0 Å². The summed E-state index contributed by atoms with van der Waals surface area (Å²) in [6, 6.07) is 14.9. The summed E-state index contributed by atoms with van der Waals surface area (Å²) >= 11 is 10.7. The topological polar surface area (TPSA) is 12.0 Å². The summed E-state index contributed by atoms with van der Waals surface area (Å²) in [4.78, 5) is 2.64. The molecule has 0 amide bonds. The number of anilines is 1. The molecule has 1 aromatic carbocycles. The number of thiophene rings is 2. The van der Waals surface area contributed by atoms with Gasteiger partial charge in [-0.25, -0.2) is 0 Å². The molecule has 102 valence electrons. The van der Waals surface area contributed by atoms with Crippen molar-refractivity contribution >= 4 is 60.2 Å². The third-order valence-electron chi connectivity index (χ3n) is 2.89. The van der Waals surface area contributed by atoms with E-state index >= 15 is 0 Å². The molecule has 0 saturated carbocycles. The molecule has 0 bridgehead atoms. The van der Waals surface area contributed by atoms with Crippen molar-refractivity contribution in [3.63, 3.8) is 0 Å². The van der Waals surface area contributed by atoms with Crippen LogP contribution in [0.3, 0.4) is 0 Å². The van der Waals surface area contributed by atoms with Gasteiger partial charge in [-0.2, -0.15) is 0 Å². The second-order valence-corrected chi connectivity index (χ2v) is 7.96. The summed E-state index contributed by atoms with van der Waals surface area (Å²) in [6.07, 6.45) is 0. The van der Waals surface area contributed by atoms with Gasteiger partial charge in [-0.3, -0.25) is 0 Å². The minimum absolute atomic E-state index is 0.201. The Morgan fingerprint density at radius 1 is 0.900 bits per heavy atom. The standard InChI is InChI=1S/C15H11Br2NS2/c16-10-5-6-12(11(17)9-10)18-15(13-3-1-7-19-13)14-4-2-8-20-14/h1-9,15,18H. The smallest absolute Gasteiger partial charge is 0.0953 e. The van der Waals surface area contributed by atoms with Crippen molar-refractivity contribution in [1.29, 1.82) is 0 Å². The highest BCUT2D eigenvalue weighted by Crippen LogP contribution is 2.35. The third-order valence-corrected chi connectivity index (χ3v) is 5.91. The van der Waals surface area contributed by atoms with Gasteiger partial charge in [0, 0.05) is 24.4 Å². The second-order valence-electron chi connectivity index (χ2n) is 4.23. The molecular weight excluding hydrogens is 418 g/mol. The van der Waals surface area contributed by atoms with Gasteiger partial charge in [-0.1, -0.05) is 28.1 Å². The summed E-state index contributed by atoms with van der Waals surface area (Å²) in [5, 5.41) is 7.87. The van der Waals surface area contributed by atoms with Crippen molar-refractivity contribution in [3.8, 4) is 0 Å². The minimum atomic E-state index is 0.201. The van der Waals surface area contributed by atoms with Crippen LogP contribution in [0.15, 0.2) is 62.2 Å². The lowest BCUT2D eigenvalue weighted by atomic mass is 10.2. The van der Waals surface area contributed by atoms with E-state index < -0.39 is 0 Å². The Balaban J connectivity index is 1.95. The normalized spacial score (nSPS) is 10.9. The van der Waals surface area contributed by atoms with Gasteiger partial charge in [0.05, 0.1) is 6.04 Å². The molecule has 0 aliphatic carbocycles. The Hall–Kier alpha value is -0.620. The number of hydrogen-bond donors (Lipinski definition) is 1. The van der Waals surface area contributed by atoms with E-state index in [1.165, 1.54) is 9.75 Å². The van der Waals surface area contributed by atoms with Gasteiger partial charge in [0.1, 0.15) is 0 Å². The highest BCUT2D eigenvalue weighted by Gasteiger charge is 2.17. The maximum absolute atomic E-state index is 3.63.